The first-order valence-corrected chi connectivity index (χ1v) is 3.83. The molecule has 0 aliphatic rings. The lowest BCUT2D eigenvalue weighted by atomic mass is 10.4. The molecule has 0 spiro atoms. The van der Waals surface area contributed by atoms with Crippen molar-refractivity contribution in [1.82, 2.24) is 0 Å². The van der Waals surface area contributed by atoms with Crippen LogP contribution in [0.1, 0.15) is 6.92 Å². The van der Waals surface area contributed by atoms with Gasteiger partial charge in [-0.25, -0.2) is 0 Å². The van der Waals surface area contributed by atoms with Gasteiger partial charge in [-0.1, -0.05) is 0 Å². The van der Waals surface area contributed by atoms with E-state index in [0.29, 0.717) is 0 Å². The molecule has 0 bridgehead atoms. The van der Waals surface area contributed by atoms with Crippen molar-refractivity contribution in [3.05, 3.63) is 0 Å². The Morgan fingerprint density at radius 2 is 1.92 bits per heavy atom. The maximum absolute atomic E-state index is 9.08. The Morgan fingerprint density at radius 3 is 2.42 bits per heavy atom. The quantitative estimate of drug-likeness (QED) is 0.335. The van der Waals surface area contributed by atoms with Crippen molar-refractivity contribution >= 4 is 0 Å². The lowest BCUT2D eigenvalue weighted by Crippen LogP contribution is -2.25. The molecule has 5 nitrogen and oxygen atoms in total. The summed E-state index contributed by atoms with van der Waals surface area (Å²) >= 11 is 0. The zero-order chi connectivity index (χ0) is 9.40. The molecule has 5 heteroatoms. The van der Waals surface area contributed by atoms with Crippen LogP contribution in [0.25, 0.3) is 0 Å². The summed E-state index contributed by atoms with van der Waals surface area (Å²) in [5.41, 5.74) is 0. The van der Waals surface area contributed by atoms with Gasteiger partial charge in [-0.2, -0.15) is 0 Å². The van der Waals surface area contributed by atoms with Crippen molar-refractivity contribution in [2.45, 2.75) is 19.3 Å². The summed E-state index contributed by atoms with van der Waals surface area (Å²) < 4.78 is 9.51. The second kappa shape index (κ2) is 7.45. The maximum Gasteiger partial charge on any atom is 0.151 e. The molecule has 0 aromatic carbocycles. The maximum atomic E-state index is 9.08. The van der Waals surface area contributed by atoms with Crippen molar-refractivity contribution in [3.63, 3.8) is 0 Å². The molecule has 0 fully saturated rings. The van der Waals surface area contributed by atoms with Gasteiger partial charge >= 0.3 is 0 Å². The van der Waals surface area contributed by atoms with E-state index in [1.807, 2.05) is 0 Å². The van der Waals surface area contributed by atoms with E-state index in [0.717, 1.165) is 0 Å². The number of ether oxygens (including phenoxy) is 2. The summed E-state index contributed by atoms with van der Waals surface area (Å²) in [6.45, 7) is 1.73. The predicted octanol–water partition coefficient (Wildman–Crippen LogP) is -1.29. The first kappa shape index (κ1) is 11.8. The third-order valence-electron chi connectivity index (χ3n) is 1.08. The third-order valence-corrected chi connectivity index (χ3v) is 1.08. The summed E-state index contributed by atoms with van der Waals surface area (Å²) in [5, 5.41) is 26.1. The summed E-state index contributed by atoms with van der Waals surface area (Å²) in [6.07, 6.45) is -1.64. The number of hydrogen-bond acceptors (Lipinski definition) is 5. The molecule has 0 radical (unpaired) electrons. The fourth-order valence-corrected chi connectivity index (χ4v) is 0.582. The molecule has 0 aromatic heterocycles. The van der Waals surface area contributed by atoms with E-state index in [-0.39, 0.29) is 26.4 Å². The van der Waals surface area contributed by atoms with Gasteiger partial charge in [0.2, 0.25) is 0 Å². The van der Waals surface area contributed by atoms with Gasteiger partial charge in [0, 0.05) is 0 Å². The molecule has 2 atom stereocenters. The Bertz CT molecular complexity index is 95.8. The van der Waals surface area contributed by atoms with Crippen LogP contribution in [-0.2, 0) is 9.47 Å². The van der Waals surface area contributed by atoms with Gasteiger partial charge in [0.25, 0.3) is 0 Å². The molecular weight excluding hydrogens is 164 g/mol. The van der Waals surface area contributed by atoms with E-state index in [2.05, 4.69) is 0 Å². The Labute approximate surface area is 71.5 Å². The number of aliphatic hydroxyl groups is 3. The second-order valence-electron chi connectivity index (χ2n) is 2.38. The molecule has 0 rings (SSSR count). The van der Waals surface area contributed by atoms with E-state index >= 15 is 0 Å². The van der Waals surface area contributed by atoms with Gasteiger partial charge in [0.05, 0.1) is 26.4 Å². The van der Waals surface area contributed by atoms with Gasteiger partial charge in [-0.05, 0) is 6.92 Å². The van der Waals surface area contributed by atoms with Crippen molar-refractivity contribution in [1.29, 1.82) is 0 Å². The van der Waals surface area contributed by atoms with Gasteiger partial charge in [0.1, 0.15) is 6.10 Å². The Kier molecular flexibility index (Phi) is 7.33. The first-order valence-electron chi connectivity index (χ1n) is 3.83. The molecule has 0 aliphatic carbocycles. The molecule has 0 heterocycles. The van der Waals surface area contributed by atoms with E-state index in [4.69, 9.17) is 24.8 Å². The lowest BCUT2D eigenvalue weighted by molar-refractivity contribution is -0.120. The lowest BCUT2D eigenvalue weighted by Gasteiger charge is -2.12. The van der Waals surface area contributed by atoms with Crippen LogP contribution in [0.4, 0.5) is 0 Å². The van der Waals surface area contributed by atoms with Crippen LogP contribution in [0.15, 0.2) is 0 Å². The highest BCUT2D eigenvalue weighted by Gasteiger charge is 2.05. The number of aliphatic hydroxyl groups excluding tert-OH is 3. The normalized spacial score (nSPS) is 16.0. The minimum atomic E-state index is -0.877. The van der Waals surface area contributed by atoms with E-state index in [1.54, 1.807) is 0 Å². The number of rotatable bonds is 7. The zero-order valence-corrected chi connectivity index (χ0v) is 7.14. The average molecular weight is 180 g/mol. The number of hydrogen-bond donors (Lipinski definition) is 3. The second-order valence-corrected chi connectivity index (χ2v) is 2.38. The minimum absolute atomic E-state index is 0.0308. The van der Waals surface area contributed by atoms with Crippen molar-refractivity contribution in [2.75, 3.05) is 26.4 Å². The zero-order valence-electron chi connectivity index (χ0n) is 7.14. The third kappa shape index (κ3) is 7.90. The van der Waals surface area contributed by atoms with Crippen LogP contribution < -0.4 is 0 Å². The molecule has 74 valence electrons. The van der Waals surface area contributed by atoms with Gasteiger partial charge in [-0.15, -0.1) is 0 Å². The van der Waals surface area contributed by atoms with E-state index in [9.17, 15) is 0 Å². The highest BCUT2D eigenvalue weighted by atomic mass is 16.6. The topological polar surface area (TPSA) is 79.2 Å². The van der Waals surface area contributed by atoms with Gasteiger partial charge in [0.15, 0.2) is 6.29 Å². The Hall–Kier alpha value is -0.200. The van der Waals surface area contributed by atoms with Crippen molar-refractivity contribution < 1.29 is 24.8 Å². The van der Waals surface area contributed by atoms with Crippen LogP contribution in [0.2, 0.25) is 0 Å². The molecule has 0 saturated carbocycles. The molecule has 0 aliphatic heterocycles. The summed E-state index contributed by atoms with van der Waals surface area (Å²) in [4.78, 5) is 0. The molecule has 12 heavy (non-hydrogen) atoms. The van der Waals surface area contributed by atoms with Crippen LogP contribution >= 0.6 is 0 Å². The fraction of sp³-hybridized carbons (Fsp3) is 1.00. The summed E-state index contributed by atoms with van der Waals surface area (Å²) in [7, 11) is 0. The molecule has 0 aromatic rings. The fourth-order valence-electron chi connectivity index (χ4n) is 0.582. The SMILES string of the molecule is CC(O)OCC(O)COCCO. The minimum Gasteiger partial charge on any atom is -0.394 e. The largest absolute Gasteiger partial charge is 0.394 e. The Balaban J connectivity index is 3.15. The first-order chi connectivity index (χ1) is 5.66. The molecule has 0 amide bonds. The van der Waals surface area contributed by atoms with Crippen LogP contribution in [-0.4, -0.2) is 54.1 Å². The van der Waals surface area contributed by atoms with Crippen molar-refractivity contribution in [2.24, 2.45) is 0 Å². The Morgan fingerprint density at radius 1 is 1.25 bits per heavy atom. The van der Waals surface area contributed by atoms with Crippen LogP contribution in [0.3, 0.4) is 0 Å². The van der Waals surface area contributed by atoms with Gasteiger partial charge < -0.3 is 24.8 Å². The van der Waals surface area contributed by atoms with Crippen molar-refractivity contribution in [3.8, 4) is 0 Å². The molecular formula is C7H16O5. The standard InChI is InChI=1S/C7H16O5/c1-6(9)12-5-7(10)4-11-3-2-8/h6-10H,2-5H2,1H3. The molecule has 2 unspecified atom stereocenters. The summed E-state index contributed by atoms with van der Waals surface area (Å²) in [5.74, 6) is 0. The molecule has 3 N–H and O–H groups in total. The average Bonchev–Trinajstić information content (AvgIpc) is 2.01. The summed E-state index contributed by atoms with van der Waals surface area (Å²) in [6, 6.07) is 0. The molecule has 0 saturated heterocycles. The van der Waals surface area contributed by atoms with Crippen LogP contribution in [0, 0.1) is 0 Å². The monoisotopic (exact) mass is 180 g/mol. The highest BCUT2D eigenvalue weighted by molar-refractivity contribution is 4.50. The highest BCUT2D eigenvalue weighted by Crippen LogP contribution is 1.90. The smallest absolute Gasteiger partial charge is 0.151 e. The van der Waals surface area contributed by atoms with Gasteiger partial charge in [-0.3, -0.25) is 0 Å². The van der Waals surface area contributed by atoms with E-state index < -0.39 is 12.4 Å². The van der Waals surface area contributed by atoms with Crippen LogP contribution in [0.5, 0.6) is 0 Å². The van der Waals surface area contributed by atoms with E-state index in [1.165, 1.54) is 6.92 Å². The predicted molar refractivity (Wildman–Crippen MR) is 41.5 cm³/mol.